The van der Waals surface area contributed by atoms with E-state index in [2.05, 4.69) is 54.6 Å². The van der Waals surface area contributed by atoms with Gasteiger partial charge in [-0.15, -0.1) is 11.6 Å². The molecule has 0 radical (unpaired) electrons. The van der Waals surface area contributed by atoms with Crippen molar-refractivity contribution in [1.82, 2.24) is 0 Å². The Morgan fingerprint density at radius 1 is 0.765 bits per heavy atom. The van der Waals surface area contributed by atoms with Crippen LogP contribution in [-0.2, 0) is 0 Å². The molecule has 0 N–H and O–H groups in total. The summed E-state index contributed by atoms with van der Waals surface area (Å²) in [5.74, 6) is 0. The molecule has 0 nitrogen and oxygen atoms in total. The summed E-state index contributed by atoms with van der Waals surface area (Å²) < 4.78 is 0. The molecule has 0 saturated carbocycles. The van der Waals surface area contributed by atoms with Crippen LogP contribution in [-0.4, -0.2) is 0 Å². The van der Waals surface area contributed by atoms with Crippen molar-refractivity contribution in [2.45, 2.75) is 12.3 Å². The molecule has 3 aromatic rings. The van der Waals surface area contributed by atoms with E-state index in [1.54, 1.807) is 0 Å². The first kappa shape index (κ1) is 10.6. The molecule has 84 valence electrons. The van der Waals surface area contributed by atoms with Gasteiger partial charge in [-0.05, 0) is 52.2 Å². The molecule has 0 heterocycles. The fourth-order valence-corrected chi connectivity index (χ4v) is 2.34. The van der Waals surface area contributed by atoms with Crippen molar-refractivity contribution in [3.63, 3.8) is 0 Å². The van der Waals surface area contributed by atoms with Gasteiger partial charge in [0, 0.05) is 0 Å². The maximum absolute atomic E-state index is 6.12. The zero-order chi connectivity index (χ0) is 11.8. The third kappa shape index (κ3) is 1.89. The van der Waals surface area contributed by atoms with Gasteiger partial charge in [0.05, 0.1) is 5.38 Å². The second-order valence-electron chi connectivity index (χ2n) is 4.42. The van der Waals surface area contributed by atoms with Crippen molar-refractivity contribution in [2.75, 3.05) is 0 Å². The van der Waals surface area contributed by atoms with Crippen molar-refractivity contribution in [2.24, 2.45) is 0 Å². The van der Waals surface area contributed by atoms with Crippen LogP contribution < -0.4 is 0 Å². The third-order valence-electron chi connectivity index (χ3n) is 3.19. The molecular weight excluding hydrogens is 228 g/mol. The summed E-state index contributed by atoms with van der Waals surface area (Å²) in [6.07, 6.45) is 0. The van der Waals surface area contributed by atoms with Crippen LogP contribution in [0.4, 0.5) is 0 Å². The van der Waals surface area contributed by atoms with Gasteiger partial charge in [-0.3, -0.25) is 0 Å². The maximum Gasteiger partial charge on any atom is 0.0557 e. The molecule has 0 bridgehead atoms. The van der Waals surface area contributed by atoms with Gasteiger partial charge in [-0.2, -0.15) is 0 Å². The summed E-state index contributed by atoms with van der Waals surface area (Å²) in [6.45, 7) is 2.00. The van der Waals surface area contributed by atoms with Gasteiger partial charge in [0.25, 0.3) is 0 Å². The average Bonchev–Trinajstić information content (AvgIpc) is 2.35. The van der Waals surface area contributed by atoms with E-state index in [4.69, 9.17) is 11.6 Å². The molecule has 17 heavy (non-hydrogen) atoms. The monoisotopic (exact) mass is 240 g/mol. The zero-order valence-corrected chi connectivity index (χ0v) is 10.4. The highest BCUT2D eigenvalue weighted by Crippen LogP contribution is 2.27. The molecule has 0 amide bonds. The quantitative estimate of drug-likeness (QED) is 0.400. The minimum Gasteiger partial charge on any atom is -0.118 e. The van der Waals surface area contributed by atoms with Gasteiger partial charge in [0.1, 0.15) is 0 Å². The van der Waals surface area contributed by atoms with Crippen LogP contribution in [0.1, 0.15) is 17.9 Å². The Kier molecular flexibility index (Phi) is 2.53. The molecule has 3 aromatic carbocycles. The van der Waals surface area contributed by atoms with Gasteiger partial charge in [-0.1, -0.05) is 36.4 Å². The first-order valence-electron chi connectivity index (χ1n) is 5.80. The van der Waals surface area contributed by atoms with E-state index in [0.29, 0.717) is 0 Å². The average molecular weight is 241 g/mol. The molecule has 0 saturated heterocycles. The Morgan fingerprint density at radius 2 is 1.35 bits per heavy atom. The summed E-state index contributed by atoms with van der Waals surface area (Å²) in [5, 5.41) is 5.15. The largest absolute Gasteiger partial charge is 0.118 e. The molecule has 0 fully saturated rings. The molecule has 0 aliphatic carbocycles. The lowest BCUT2D eigenvalue weighted by Crippen LogP contribution is -1.84. The van der Waals surface area contributed by atoms with E-state index < -0.39 is 0 Å². The highest BCUT2D eigenvalue weighted by atomic mass is 35.5. The van der Waals surface area contributed by atoms with E-state index in [9.17, 15) is 0 Å². The second-order valence-corrected chi connectivity index (χ2v) is 5.08. The van der Waals surface area contributed by atoms with E-state index in [0.717, 1.165) is 0 Å². The summed E-state index contributed by atoms with van der Waals surface area (Å²) in [7, 11) is 0. The number of fused-ring (bicyclic) bond motifs is 2. The van der Waals surface area contributed by atoms with Crippen molar-refractivity contribution < 1.29 is 0 Å². The molecular formula is C16H13Cl. The third-order valence-corrected chi connectivity index (χ3v) is 3.44. The summed E-state index contributed by atoms with van der Waals surface area (Å²) in [6, 6.07) is 19.3. The van der Waals surface area contributed by atoms with E-state index >= 15 is 0 Å². The molecule has 0 aromatic heterocycles. The number of benzene rings is 3. The molecule has 1 heteroatoms. The van der Waals surface area contributed by atoms with E-state index in [-0.39, 0.29) is 5.38 Å². The van der Waals surface area contributed by atoms with Gasteiger partial charge in [0.15, 0.2) is 0 Å². The van der Waals surface area contributed by atoms with Crippen LogP contribution in [0.3, 0.4) is 0 Å². The predicted octanol–water partition coefficient (Wildman–Crippen LogP) is 5.29. The lowest BCUT2D eigenvalue weighted by molar-refractivity contribution is 1.09. The number of rotatable bonds is 1. The minimum atomic E-state index is 0.0610. The van der Waals surface area contributed by atoms with Crippen LogP contribution >= 0.6 is 11.6 Å². The second kappa shape index (κ2) is 4.05. The van der Waals surface area contributed by atoms with Crippen LogP contribution in [0.5, 0.6) is 0 Å². The molecule has 0 aliphatic rings. The van der Waals surface area contributed by atoms with Gasteiger partial charge < -0.3 is 0 Å². The smallest absolute Gasteiger partial charge is 0.0557 e. The van der Waals surface area contributed by atoms with Crippen molar-refractivity contribution in [1.29, 1.82) is 0 Å². The molecule has 1 atom stereocenters. The molecule has 0 spiro atoms. The van der Waals surface area contributed by atoms with Crippen molar-refractivity contribution in [3.05, 3.63) is 60.2 Å². The Bertz CT molecular complexity index is 683. The van der Waals surface area contributed by atoms with Gasteiger partial charge >= 0.3 is 0 Å². The fourth-order valence-electron chi connectivity index (χ4n) is 2.21. The van der Waals surface area contributed by atoms with Crippen LogP contribution in [0, 0.1) is 0 Å². The molecule has 0 unspecified atom stereocenters. The number of hydrogen-bond acceptors (Lipinski definition) is 0. The maximum atomic E-state index is 6.12. The number of halogens is 1. The van der Waals surface area contributed by atoms with E-state index in [1.165, 1.54) is 27.1 Å². The Morgan fingerprint density at radius 3 is 2.00 bits per heavy atom. The Labute approximate surface area is 106 Å². The number of alkyl halides is 1. The normalized spacial score (nSPS) is 13.1. The Hall–Kier alpha value is -1.53. The van der Waals surface area contributed by atoms with Crippen LogP contribution in [0.25, 0.3) is 21.5 Å². The molecule has 3 rings (SSSR count). The Balaban J connectivity index is 2.32. The van der Waals surface area contributed by atoms with Crippen LogP contribution in [0.2, 0.25) is 0 Å². The summed E-state index contributed by atoms with van der Waals surface area (Å²) in [5.41, 5.74) is 1.18. The van der Waals surface area contributed by atoms with Crippen LogP contribution in [0.15, 0.2) is 54.6 Å². The minimum absolute atomic E-state index is 0.0610. The SMILES string of the molecule is C[C@@H](Cl)c1ccc2cc3ccccc3cc2c1. The van der Waals surface area contributed by atoms with Crippen molar-refractivity contribution >= 4 is 33.1 Å². The lowest BCUT2D eigenvalue weighted by Gasteiger charge is -2.07. The fraction of sp³-hybridized carbons (Fsp3) is 0.125. The predicted molar refractivity (Wildman–Crippen MR) is 75.7 cm³/mol. The van der Waals surface area contributed by atoms with E-state index in [1.807, 2.05) is 6.92 Å². The highest BCUT2D eigenvalue weighted by Gasteiger charge is 2.03. The lowest BCUT2D eigenvalue weighted by atomic mass is 10.0. The van der Waals surface area contributed by atoms with Gasteiger partial charge in [-0.25, -0.2) is 0 Å². The standard InChI is InChI=1S/C16H13Cl/c1-11(17)12-6-7-15-9-13-4-2-3-5-14(13)10-16(15)8-12/h2-11H,1H3/t11-/m1/s1. The van der Waals surface area contributed by atoms with Gasteiger partial charge in [0.2, 0.25) is 0 Å². The first-order chi connectivity index (χ1) is 8.24. The zero-order valence-electron chi connectivity index (χ0n) is 9.65. The highest BCUT2D eigenvalue weighted by molar-refractivity contribution is 6.20. The summed E-state index contributed by atoms with van der Waals surface area (Å²) >= 11 is 6.12. The summed E-state index contributed by atoms with van der Waals surface area (Å²) in [4.78, 5) is 0. The molecule has 0 aliphatic heterocycles. The topological polar surface area (TPSA) is 0 Å². The van der Waals surface area contributed by atoms with Crippen molar-refractivity contribution in [3.8, 4) is 0 Å². The first-order valence-corrected chi connectivity index (χ1v) is 6.24. The number of hydrogen-bond donors (Lipinski definition) is 0.